The maximum Gasteiger partial charge on any atom is 0.263 e. The van der Waals surface area contributed by atoms with Crippen molar-refractivity contribution in [2.75, 3.05) is 4.90 Å². The number of carbonyl (C=O) groups is 2. The van der Waals surface area contributed by atoms with Crippen molar-refractivity contribution in [3.05, 3.63) is 65.2 Å². The van der Waals surface area contributed by atoms with Crippen molar-refractivity contribution in [2.45, 2.75) is 38.9 Å². The Bertz CT molecular complexity index is 874. The molecule has 1 fully saturated rings. The fourth-order valence-corrected chi connectivity index (χ4v) is 3.37. The zero-order valence-corrected chi connectivity index (χ0v) is 14.8. The average molecular weight is 348 g/mol. The van der Waals surface area contributed by atoms with Crippen LogP contribution >= 0.6 is 0 Å². The van der Waals surface area contributed by atoms with E-state index in [9.17, 15) is 9.59 Å². The average Bonchev–Trinajstić information content (AvgIpc) is 3.17. The van der Waals surface area contributed by atoms with Crippen molar-refractivity contribution in [2.24, 2.45) is 10.3 Å². The Kier molecular flexibility index (Phi) is 4.03. The van der Waals surface area contributed by atoms with Gasteiger partial charge in [0.05, 0.1) is 12.2 Å². The van der Waals surface area contributed by atoms with E-state index in [-0.39, 0.29) is 11.8 Å². The Hall–Kier alpha value is -3.02. The number of fused-ring (bicyclic) bond motifs is 1. The topological polar surface area (TPSA) is 65.3 Å². The molecule has 0 aliphatic carbocycles. The van der Waals surface area contributed by atoms with E-state index in [1.807, 2.05) is 55.5 Å². The maximum absolute atomic E-state index is 13.0. The molecule has 2 amide bonds. The zero-order valence-electron chi connectivity index (χ0n) is 14.8. The second-order valence-electron chi connectivity index (χ2n) is 6.71. The Morgan fingerprint density at radius 3 is 2.23 bits per heavy atom. The van der Waals surface area contributed by atoms with Gasteiger partial charge in [-0.2, -0.15) is 5.11 Å². The van der Waals surface area contributed by atoms with Gasteiger partial charge in [-0.1, -0.05) is 54.1 Å². The van der Waals surface area contributed by atoms with Gasteiger partial charge in [-0.3, -0.25) is 14.6 Å². The first-order valence-electron chi connectivity index (χ1n) is 8.78. The van der Waals surface area contributed by atoms with Crippen LogP contribution in [0.25, 0.3) is 0 Å². The van der Waals surface area contributed by atoms with Crippen LogP contribution in [0.1, 0.15) is 23.6 Å². The maximum atomic E-state index is 13.0. The van der Waals surface area contributed by atoms with Gasteiger partial charge in [0, 0.05) is 0 Å². The summed E-state index contributed by atoms with van der Waals surface area (Å²) >= 11 is 0. The largest absolute Gasteiger partial charge is 0.271 e. The minimum Gasteiger partial charge on any atom is -0.271 e. The summed E-state index contributed by atoms with van der Waals surface area (Å²) < 4.78 is 0. The van der Waals surface area contributed by atoms with Gasteiger partial charge in [0.15, 0.2) is 12.1 Å². The molecule has 0 radical (unpaired) electrons. The summed E-state index contributed by atoms with van der Waals surface area (Å²) in [6, 6.07) is 14.1. The monoisotopic (exact) mass is 348 g/mol. The molecule has 2 aromatic carbocycles. The molecule has 0 aromatic heterocycles. The summed E-state index contributed by atoms with van der Waals surface area (Å²) in [6.07, 6.45) is 0.909. The second-order valence-corrected chi connectivity index (χ2v) is 6.71. The van der Waals surface area contributed by atoms with Gasteiger partial charge in [0.2, 0.25) is 0 Å². The number of aryl methyl sites for hydroxylation is 2. The van der Waals surface area contributed by atoms with Crippen molar-refractivity contribution in [1.29, 1.82) is 0 Å². The van der Waals surface area contributed by atoms with Gasteiger partial charge >= 0.3 is 0 Å². The van der Waals surface area contributed by atoms with Crippen LogP contribution in [0.2, 0.25) is 0 Å². The Morgan fingerprint density at radius 2 is 1.58 bits per heavy atom. The molecule has 0 saturated carbocycles. The first kappa shape index (κ1) is 16.4. The number of carbonyl (C=O) groups excluding carboxylic acids is 2. The number of anilines is 1. The molecule has 26 heavy (non-hydrogen) atoms. The molecule has 2 aliphatic heterocycles. The molecule has 6 heteroatoms. The number of benzene rings is 2. The van der Waals surface area contributed by atoms with Gasteiger partial charge in [-0.15, -0.1) is 0 Å². The van der Waals surface area contributed by atoms with Crippen LogP contribution in [-0.2, 0) is 22.6 Å². The predicted octanol–water partition coefficient (Wildman–Crippen LogP) is 3.05. The van der Waals surface area contributed by atoms with E-state index in [4.69, 9.17) is 0 Å². The lowest BCUT2D eigenvalue weighted by Crippen LogP contribution is -2.39. The predicted molar refractivity (Wildman–Crippen MR) is 97.5 cm³/mol. The first-order chi connectivity index (χ1) is 12.6. The quantitative estimate of drug-likeness (QED) is 0.798. The van der Waals surface area contributed by atoms with E-state index >= 15 is 0 Å². The molecule has 6 nitrogen and oxygen atoms in total. The van der Waals surface area contributed by atoms with Crippen LogP contribution in [0.3, 0.4) is 0 Å². The number of hydrogen-bond donors (Lipinski definition) is 0. The summed E-state index contributed by atoms with van der Waals surface area (Å²) in [5.41, 5.74) is 3.95. The summed E-state index contributed by atoms with van der Waals surface area (Å²) in [5, 5.41) is 9.78. The van der Waals surface area contributed by atoms with Crippen LogP contribution in [0.4, 0.5) is 5.69 Å². The molecule has 2 atom stereocenters. The molecular formula is C20H20N4O2. The number of nitrogens with zero attached hydrogens (tertiary/aromatic N) is 4. The molecule has 0 spiro atoms. The van der Waals surface area contributed by atoms with Crippen LogP contribution < -0.4 is 4.90 Å². The number of imide groups is 1. The Balaban J connectivity index is 1.57. The van der Waals surface area contributed by atoms with Crippen molar-refractivity contribution in [3.8, 4) is 0 Å². The SMILES string of the molecule is CCc1ccc(N2C(=O)[C@@H]3[C@@H](N=NN3Cc3ccc(C)cc3)C2=O)cc1. The van der Waals surface area contributed by atoms with Gasteiger partial charge in [0.1, 0.15) is 0 Å². The lowest BCUT2D eigenvalue weighted by atomic mass is 10.1. The van der Waals surface area contributed by atoms with Crippen LogP contribution in [0, 0.1) is 6.92 Å². The molecule has 2 heterocycles. The number of amides is 2. The summed E-state index contributed by atoms with van der Waals surface area (Å²) in [6.45, 7) is 4.54. The first-order valence-corrected chi connectivity index (χ1v) is 8.78. The molecule has 2 aromatic rings. The van der Waals surface area contributed by atoms with Crippen molar-refractivity contribution >= 4 is 17.5 Å². The molecule has 132 valence electrons. The van der Waals surface area contributed by atoms with Gasteiger partial charge in [-0.05, 0) is 36.6 Å². The third kappa shape index (κ3) is 2.67. The normalized spacial score (nSPS) is 21.6. The highest BCUT2D eigenvalue weighted by Crippen LogP contribution is 2.32. The van der Waals surface area contributed by atoms with E-state index in [1.165, 1.54) is 10.5 Å². The van der Waals surface area contributed by atoms with Crippen LogP contribution in [0.5, 0.6) is 0 Å². The summed E-state index contributed by atoms with van der Waals surface area (Å²) in [5.74, 6) is -0.569. The standard InChI is InChI=1S/C20H20N4O2/c1-3-14-8-10-16(11-9-14)24-19(25)17-18(20(24)26)23(22-21-17)12-15-6-4-13(2)5-7-15/h4-11,17-18H,3,12H2,1-2H3/t17-,18+/m1/s1. The molecule has 0 bridgehead atoms. The Morgan fingerprint density at radius 1 is 0.923 bits per heavy atom. The summed E-state index contributed by atoms with van der Waals surface area (Å²) in [4.78, 5) is 26.9. The van der Waals surface area contributed by atoms with E-state index in [2.05, 4.69) is 17.3 Å². The second kappa shape index (κ2) is 6.37. The lowest BCUT2D eigenvalue weighted by molar-refractivity contribution is -0.123. The highest BCUT2D eigenvalue weighted by atomic mass is 16.2. The van der Waals surface area contributed by atoms with Crippen molar-refractivity contribution in [3.63, 3.8) is 0 Å². The molecule has 0 N–H and O–H groups in total. The highest BCUT2D eigenvalue weighted by molar-refractivity contribution is 6.25. The van der Waals surface area contributed by atoms with Crippen LogP contribution in [0.15, 0.2) is 58.9 Å². The number of rotatable bonds is 4. The van der Waals surface area contributed by atoms with Gasteiger partial charge in [0.25, 0.3) is 11.8 Å². The minimum absolute atomic E-state index is 0.263. The molecule has 4 rings (SSSR count). The van der Waals surface area contributed by atoms with Gasteiger partial charge < -0.3 is 0 Å². The fourth-order valence-electron chi connectivity index (χ4n) is 3.37. The fraction of sp³-hybridized carbons (Fsp3) is 0.300. The smallest absolute Gasteiger partial charge is 0.263 e. The van der Waals surface area contributed by atoms with E-state index in [0.717, 1.165) is 17.5 Å². The molecule has 2 aliphatic rings. The molecular weight excluding hydrogens is 328 g/mol. The summed E-state index contributed by atoms with van der Waals surface area (Å²) in [7, 11) is 0. The number of hydrogen-bond acceptors (Lipinski definition) is 5. The molecule has 1 saturated heterocycles. The van der Waals surface area contributed by atoms with Crippen molar-refractivity contribution in [1.82, 2.24) is 5.01 Å². The van der Waals surface area contributed by atoms with Crippen LogP contribution in [-0.4, -0.2) is 28.9 Å². The minimum atomic E-state index is -0.751. The highest BCUT2D eigenvalue weighted by Gasteiger charge is 2.54. The zero-order chi connectivity index (χ0) is 18.3. The lowest BCUT2D eigenvalue weighted by Gasteiger charge is -2.20. The molecule has 0 unspecified atom stereocenters. The van der Waals surface area contributed by atoms with E-state index < -0.39 is 12.1 Å². The third-order valence-electron chi connectivity index (χ3n) is 4.93. The van der Waals surface area contributed by atoms with E-state index in [1.54, 1.807) is 5.01 Å². The van der Waals surface area contributed by atoms with E-state index in [0.29, 0.717) is 12.2 Å². The third-order valence-corrected chi connectivity index (χ3v) is 4.93. The Labute approximate surface area is 152 Å². The van der Waals surface area contributed by atoms with Crippen molar-refractivity contribution < 1.29 is 9.59 Å². The van der Waals surface area contributed by atoms with Gasteiger partial charge in [-0.25, -0.2) is 4.90 Å².